The van der Waals surface area contributed by atoms with Crippen LogP contribution in [0.2, 0.25) is 5.02 Å². The van der Waals surface area contributed by atoms with Gasteiger partial charge in [0.1, 0.15) is 5.82 Å². The first-order valence-corrected chi connectivity index (χ1v) is 6.17. The summed E-state index contributed by atoms with van der Waals surface area (Å²) in [6.45, 7) is 2.32. The summed E-state index contributed by atoms with van der Waals surface area (Å²) in [5.74, 6) is -0.272. The third-order valence-corrected chi connectivity index (χ3v) is 3.54. The zero-order valence-electron chi connectivity index (χ0n) is 9.72. The van der Waals surface area contributed by atoms with Crippen LogP contribution in [-0.2, 0) is 10.2 Å². The van der Waals surface area contributed by atoms with Crippen LogP contribution in [0.4, 0.5) is 4.39 Å². The summed E-state index contributed by atoms with van der Waals surface area (Å²) in [7, 11) is 0. The molecule has 1 aliphatic rings. The Balaban J connectivity index is 2.13. The molecule has 0 aliphatic heterocycles. The van der Waals surface area contributed by atoms with Crippen molar-refractivity contribution < 1.29 is 9.18 Å². The summed E-state index contributed by atoms with van der Waals surface area (Å²) in [6, 6.07) is 4.75. The second-order valence-electron chi connectivity index (χ2n) is 4.53. The van der Waals surface area contributed by atoms with Crippen LogP contribution in [0.1, 0.15) is 31.7 Å². The standard InChI is InChI=1S/C13H15ClFNO/c1-2-12(17)16-8-13(5-6-13)10-4-3-9(14)7-11(10)15/h3-4,7H,2,5-6,8H2,1H3,(H,16,17). The number of halogens is 2. The number of hydrogen-bond acceptors (Lipinski definition) is 1. The first-order chi connectivity index (χ1) is 8.07. The molecule has 0 radical (unpaired) electrons. The number of carbonyl (C=O) groups is 1. The second kappa shape index (κ2) is 4.65. The van der Waals surface area contributed by atoms with Crippen LogP contribution in [0.5, 0.6) is 0 Å². The topological polar surface area (TPSA) is 29.1 Å². The monoisotopic (exact) mass is 255 g/mol. The van der Waals surface area contributed by atoms with Gasteiger partial charge < -0.3 is 5.32 Å². The van der Waals surface area contributed by atoms with Gasteiger partial charge in [-0.05, 0) is 30.5 Å². The first-order valence-electron chi connectivity index (χ1n) is 5.79. The van der Waals surface area contributed by atoms with Crippen molar-refractivity contribution in [2.45, 2.75) is 31.6 Å². The van der Waals surface area contributed by atoms with E-state index in [1.807, 2.05) is 0 Å². The molecular weight excluding hydrogens is 241 g/mol. The van der Waals surface area contributed by atoms with E-state index >= 15 is 0 Å². The van der Waals surface area contributed by atoms with Gasteiger partial charge in [0, 0.05) is 23.4 Å². The molecule has 0 unspecified atom stereocenters. The normalized spacial score (nSPS) is 16.6. The average Bonchev–Trinajstić information content (AvgIpc) is 3.07. The maximum absolute atomic E-state index is 13.8. The Morgan fingerprint density at radius 2 is 2.24 bits per heavy atom. The van der Waals surface area contributed by atoms with Crippen LogP contribution in [0.25, 0.3) is 0 Å². The first kappa shape index (κ1) is 12.4. The summed E-state index contributed by atoms with van der Waals surface area (Å²) in [6.07, 6.45) is 2.28. The van der Waals surface area contributed by atoms with E-state index in [4.69, 9.17) is 11.6 Å². The molecule has 92 valence electrons. The quantitative estimate of drug-likeness (QED) is 0.880. The van der Waals surface area contributed by atoms with Crippen LogP contribution in [0.15, 0.2) is 18.2 Å². The maximum Gasteiger partial charge on any atom is 0.219 e. The van der Waals surface area contributed by atoms with Crippen molar-refractivity contribution in [3.63, 3.8) is 0 Å². The minimum atomic E-state index is -0.277. The molecule has 1 aromatic rings. The van der Waals surface area contributed by atoms with Crippen molar-refractivity contribution in [1.29, 1.82) is 0 Å². The number of rotatable bonds is 4. The highest BCUT2D eigenvalue weighted by atomic mass is 35.5. The lowest BCUT2D eigenvalue weighted by atomic mass is 9.95. The largest absolute Gasteiger partial charge is 0.355 e. The molecule has 0 atom stereocenters. The van der Waals surface area contributed by atoms with E-state index in [9.17, 15) is 9.18 Å². The summed E-state index contributed by atoms with van der Waals surface area (Å²) in [5.41, 5.74) is 0.456. The predicted octanol–water partition coefficient (Wildman–Crippen LogP) is 3.04. The summed E-state index contributed by atoms with van der Waals surface area (Å²) < 4.78 is 13.8. The molecule has 1 aromatic carbocycles. The van der Waals surface area contributed by atoms with E-state index < -0.39 is 0 Å². The number of benzene rings is 1. The van der Waals surface area contributed by atoms with Crippen molar-refractivity contribution in [1.82, 2.24) is 5.32 Å². The van der Waals surface area contributed by atoms with Crippen LogP contribution in [0.3, 0.4) is 0 Å². The van der Waals surface area contributed by atoms with Gasteiger partial charge in [0.2, 0.25) is 5.91 Å². The minimum Gasteiger partial charge on any atom is -0.355 e. The Hall–Kier alpha value is -1.09. The van der Waals surface area contributed by atoms with Gasteiger partial charge in [0.15, 0.2) is 0 Å². The van der Waals surface area contributed by atoms with Crippen LogP contribution in [0, 0.1) is 5.82 Å². The molecule has 0 saturated heterocycles. The fourth-order valence-electron chi connectivity index (χ4n) is 2.00. The third kappa shape index (κ3) is 2.60. The van der Waals surface area contributed by atoms with Gasteiger partial charge in [-0.2, -0.15) is 0 Å². The van der Waals surface area contributed by atoms with Gasteiger partial charge in [-0.3, -0.25) is 4.79 Å². The fourth-order valence-corrected chi connectivity index (χ4v) is 2.16. The molecule has 4 heteroatoms. The number of carbonyl (C=O) groups excluding carboxylic acids is 1. The lowest BCUT2D eigenvalue weighted by Crippen LogP contribution is -2.32. The Kier molecular flexibility index (Phi) is 3.38. The Labute approximate surface area is 105 Å². The average molecular weight is 256 g/mol. The van der Waals surface area contributed by atoms with E-state index in [2.05, 4.69) is 5.32 Å². The van der Waals surface area contributed by atoms with Crippen molar-refractivity contribution >= 4 is 17.5 Å². The van der Waals surface area contributed by atoms with Crippen molar-refractivity contribution in [3.05, 3.63) is 34.6 Å². The maximum atomic E-state index is 13.8. The van der Waals surface area contributed by atoms with Gasteiger partial charge in [0.05, 0.1) is 0 Å². The summed E-state index contributed by atoms with van der Waals surface area (Å²) in [5, 5.41) is 3.24. The molecule has 0 heterocycles. The van der Waals surface area contributed by atoms with Gasteiger partial charge in [0.25, 0.3) is 0 Å². The van der Waals surface area contributed by atoms with E-state index in [1.54, 1.807) is 19.1 Å². The molecule has 1 amide bonds. The Morgan fingerprint density at radius 1 is 1.53 bits per heavy atom. The molecule has 1 saturated carbocycles. The molecule has 1 aliphatic carbocycles. The highest BCUT2D eigenvalue weighted by Gasteiger charge is 2.46. The number of nitrogens with one attached hydrogen (secondary N) is 1. The lowest BCUT2D eigenvalue weighted by Gasteiger charge is -2.17. The SMILES string of the molecule is CCC(=O)NCC1(c2ccc(Cl)cc2F)CC1. The molecular formula is C13H15ClFNO. The lowest BCUT2D eigenvalue weighted by molar-refractivity contribution is -0.120. The highest BCUT2D eigenvalue weighted by molar-refractivity contribution is 6.30. The second-order valence-corrected chi connectivity index (χ2v) is 4.97. The summed E-state index contributed by atoms with van der Waals surface area (Å²) >= 11 is 5.73. The molecule has 1 N–H and O–H groups in total. The van der Waals surface area contributed by atoms with Crippen LogP contribution >= 0.6 is 11.6 Å². The summed E-state index contributed by atoms with van der Waals surface area (Å²) in [4.78, 5) is 11.2. The third-order valence-electron chi connectivity index (χ3n) is 3.30. The van der Waals surface area contributed by atoms with Gasteiger partial charge in [-0.1, -0.05) is 24.6 Å². The highest BCUT2D eigenvalue weighted by Crippen LogP contribution is 2.48. The number of amides is 1. The van der Waals surface area contributed by atoms with E-state index in [0.717, 1.165) is 12.8 Å². The zero-order chi connectivity index (χ0) is 12.5. The molecule has 1 fully saturated rings. The fraction of sp³-hybridized carbons (Fsp3) is 0.462. The van der Waals surface area contributed by atoms with E-state index in [1.165, 1.54) is 6.07 Å². The van der Waals surface area contributed by atoms with Gasteiger partial charge in [-0.15, -0.1) is 0 Å². The number of hydrogen-bond donors (Lipinski definition) is 1. The molecule has 0 spiro atoms. The van der Waals surface area contributed by atoms with Crippen molar-refractivity contribution in [2.24, 2.45) is 0 Å². The molecule has 2 rings (SSSR count). The molecule has 0 bridgehead atoms. The van der Waals surface area contributed by atoms with Crippen molar-refractivity contribution in [2.75, 3.05) is 6.54 Å². The molecule has 0 aromatic heterocycles. The molecule has 2 nitrogen and oxygen atoms in total. The Bertz CT molecular complexity index is 443. The Morgan fingerprint density at radius 3 is 2.76 bits per heavy atom. The van der Waals surface area contributed by atoms with Crippen LogP contribution in [-0.4, -0.2) is 12.5 Å². The predicted molar refractivity (Wildman–Crippen MR) is 65.6 cm³/mol. The molecule has 17 heavy (non-hydrogen) atoms. The van der Waals surface area contributed by atoms with Crippen molar-refractivity contribution in [3.8, 4) is 0 Å². The van der Waals surface area contributed by atoms with E-state index in [-0.39, 0.29) is 17.1 Å². The minimum absolute atomic E-state index is 0.00523. The zero-order valence-corrected chi connectivity index (χ0v) is 10.5. The van der Waals surface area contributed by atoms with E-state index in [0.29, 0.717) is 23.6 Å². The van der Waals surface area contributed by atoms with Gasteiger partial charge >= 0.3 is 0 Å². The van der Waals surface area contributed by atoms with Gasteiger partial charge in [-0.25, -0.2) is 4.39 Å². The van der Waals surface area contributed by atoms with Crippen LogP contribution < -0.4 is 5.32 Å². The smallest absolute Gasteiger partial charge is 0.219 e.